The van der Waals surface area contributed by atoms with E-state index in [1.807, 2.05) is 19.1 Å². The van der Waals surface area contributed by atoms with E-state index in [1.54, 1.807) is 12.1 Å². The Labute approximate surface area is 117 Å². The van der Waals surface area contributed by atoms with E-state index in [2.05, 4.69) is 5.92 Å². The number of urea groups is 1. The fraction of sp³-hybridized carbons (Fsp3) is 0.333. The van der Waals surface area contributed by atoms with Crippen molar-refractivity contribution < 1.29 is 14.7 Å². The predicted octanol–water partition coefficient (Wildman–Crippen LogP) is 1.58. The number of carbonyl (C=O) groups excluding carboxylic acids is 1. The van der Waals surface area contributed by atoms with E-state index in [0.29, 0.717) is 18.7 Å². The third-order valence-corrected chi connectivity index (χ3v) is 3.40. The van der Waals surface area contributed by atoms with Crippen LogP contribution in [0.25, 0.3) is 0 Å². The third kappa shape index (κ3) is 2.32. The SMILES string of the molecule is C#CCN(CC)C(=O)N1c2ccccc2C[C@H]1C(=O)O. The fourth-order valence-electron chi connectivity index (χ4n) is 2.40. The number of anilines is 1. The summed E-state index contributed by atoms with van der Waals surface area (Å²) in [5.41, 5.74) is 1.52. The highest BCUT2D eigenvalue weighted by Gasteiger charge is 2.39. The molecule has 1 atom stereocenters. The molecular formula is C15H16N2O3. The van der Waals surface area contributed by atoms with Gasteiger partial charge in [-0.05, 0) is 18.6 Å². The molecule has 5 heteroatoms. The van der Waals surface area contributed by atoms with Gasteiger partial charge in [-0.15, -0.1) is 6.42 Å². The number of carbonyl (C=O) groups is 2. The summed E-state index contributed by atoms with van der Waals surface area (Å²) in [7, 11) is 0. The largest absolute Gasteiger partial charge is 0.480 e. The van der Waals surface area contributed by atoms with Gasteiger partial charge in [0.25, 0.3) is 0 Å². The van der Waals surface area contributed by atoms with Crippen molar-refractivity contribution in [2.45, 2.75) is 19.4 Å². The number of nitrogens with zero attached hydrogens (tertiary/aromatic N) is 2. The molecule has 1 N–H and O–H groups in total. The highest BCUT2D eigenvalue weighted by Crippen LogP contribution is 2.32. The molecule has 2 rings (SSSR count). The quantitative estimate of drug-likeness (QED) is 0.850. The highest BCUT2D eigenvalue weighted by molar-refractivity contribution is 6.01. The molecule has 1 aliphatic rings. The molecule has 20 heavy (non-hydrogen) atoms. The van der Waals surface area contributed by atoms with Gasteiger partial charge in [0.1, 0.15) is 6.04 Å². The lowest BCUT2D eigenvalue weighted by molar-refractivity contribution is -0.138. The fourth-order valence-corrected chi connectivity index (χ4v) is 2.40. The number of terminal acetylenes is 1. The molecule has 0 aliphatic carbocycles. The molecule has 0 fully saturated rings. The van der Waals surface area contributed by atoms with Crippen molar-refractivity contribution in [1.82, 2.24) is 4.90 Å². The summed E-state index contributed by atoms with van der Waals surface area (Å²) >= 11 is 0. The number of aliphatic carboxylic acids is 1. The van der Waals surface area contributed by atoms with Crippen molar-refractivity contribution in [3.63, 3.8) is 0 Å². The minimum Gasteiger partial charge on any atom is -0.480 e. The molecule has 1 aromatic carbocycles. The van der Waals surface area contributed by atoms with Gasteiger partial charge in [-0.1, -0.05) is 24.1 Å². The summed E-state index contributed by atoms with van der Waals surface area (Å²) < 4.78 is 0. The maximum atomic E-state index is 12.5. The molecule has 5 nitrogen and oxygen atoms in total. The first kappa shape index (κ1) is 13.9. The summed E-state index contributed by atoms with van der Waals surface area (Å²) in [6, 6.07) is 6.01. The minimum atomic E-state index is -1.01. The van der Waals surface area contributed by atoms with E-state index in [4.69, 9.17) is 6.42 Å². The van der Waals surface area contributed by atoms with Gasteiger partial charge in [0.15, 0.2) is 0 Å². The minimum absolute atomic E-state index is 0.167. The predicted molar refractivity (Wildman–Crippen MR) is 75.5 cm³/mol. The third-order valence-electron chi connectivity index (χ3n) is 3.40. The zero-order valence-corrected chi connectivity index (χ0v) is 11.2. The zero-order chi connectivity index (χ0) is 14.7. The lowest BCUT2D eigenvalue weighted by Crippen LogP contribution is -2.49. The van der Waals surface area contributed by atoms with Gasteiger partial charge >= 0.3 is 12.0 Å². The van der Waals surface area contributed by atoms with Crippen LogP contribution in [-0.2, 0) is 11.2 Å². The first-order valence-electron chi connectivity index (χ1n) is 6.42. The van der Waals surface area contributed by atoms with Crippen LogP contribution in [0.5, 0.6) is 0 Å². The van der Waals surface area contributed by atoms with E-state index in [9.17, 15) is 14.7 Å². The molecule has 1 heterocycles. The molecule has 0 radical (unpaired) electrons. The van der Waals surface area contributed by atoms with Crippen molar-refractivity contribution in [2.24, 2.45) is 0 Å². The average molecular weight is 272 g/mol. The number of benzene rings is 1. The molecule has 104 valence electrons. The second kappa shape index (κ2) is 5.66. The van der Waals surface area contributed by atoms with Gasteiger partial charge in [-0.3, -0.25) is 4.90 Å². The zero-order valence-electron chi connectivity index (χ0n) is 11.2. The first-order valence-corrected chi connectivity index (χ1v) is 6.42. The number of fused-ring (bicyclic) bond motifs is 1. The van der Waals surface area contributed by atoms with Crippen molar-refractivity contribution in [3.05, 3.63) is 29.8 Å². The second-order valence-electron chi connectivity index (χ2n) is 4.56. The first-order chi connectivity index (χ1) is 9.60. The van der Waals surface area contributed by atoms with Gasteiger partial charge in [-0.2, -0.15) is 0 Å². The maximum Gasteiger partial charge on any atom is 0.327 e. The van der Waals surface area contributed by atoms with E-state index >= 15 is 0 Å². The van der Waals surface area contributed by atoms with Crippen molar-refractivity contribution in [2.75, 3.05) is 18.0 Å². The monoisotopic (exact) mass is 272 g/mol. The Hall–Kier alpha value is -2.48. The van der Waals surface area contributed by atoms with Crippen LogP contribution >= 0.6 is 0 Å². The van der Waals surface area contributed by atoms with Crippen LogP contribution in [0.2, 0.25) is 0 Å². The number of amides is 2. The number of rotatable bonds is 3. The molecule has 0 spiro atoms. The van der Waals surface area contributed by atoms with E-state index < -0.39 is 12.0 Å². The molecule has 0 bridgehead atoms. The lowest BCUT2D eigenvalue weighted by Gasteiger charge is -2.29. The van der Waals surface area contributed by atoms with Crippen LogP contribution in [-0.4, -0.2) is 41.1 Å². The Balaban J connectivity index is 2.38. The Bertz CT molecular complexity index is 577. The van der Waals surface area contributed by atoms with Crippen LogP contribution in [0.15, 0.2) is 24.3 Å². The Morgan fingerprint density at radius 3 is 2.80 bits per heavy atom. The van der Waals surface area contributed by atoms with Crippen LogP contribution in [0.4, 0.5) is 10.5 Å². The summed E-state index contributed by atoms with van der Waals surface area (Å²) in [6.07, 6.45) is 5.58. The topological polar surface area (TPSA) is 60.9 Å². The summed E-state index contributed by atoms with van der Waals surface area (Å²) in [5, 5.41) is 9.34. The molecule has 2 amide bonds. The molecule has 0 aromatic heterocycles. The van der Waals surface area contributed by atoms with Crippen LogP contribution < -0.4 is 4.90 Å². The Kier molecular flexibility index (Phi) is 3.94. The van der Waals surface area contributed by atoms with Gasteiger partial charge in [0.05, 0.1) is 6.54 Å². The van der Waals surface area contributed by atoms with E-state index in [1.165, 1.54) is 9.80 Å². The number of hydrogen-bond donors (Lipinski definition) is 1. The Morgan fingerprint density at radius 2 is 2.20 bits per heavy atom. The standard InChI is InChI=1S/C15H16N2O3/c1-3-9-16(4-2)15(20)17-12-8-6-5-7-11(12)10-13(17)14(18)19/h1,5-8,13H,4,9-10H2,2H3,(H,18,19)/t13-/m0/s1. The maximum absolute atomic E-state index is 12.5. The average Bonchev–Trinajstić information content (AvgIpc) is 2.83. The van der Waals surface area contributed by atoms with Crippen LogP contribution in [0.3, 0.4) is 0 Å². The molecule has 1 aliphatic heterocycles. The Morgan fingerprint density at radius 1 is 1.50 bits per heavy atom. The van der Waals surface area contributed by atoms with E-state index in [0.717, 1.165) is 5.56 Å². The normalized spacial score (nSPS) is 16.4. The smallest absolute Gasteiger partial charge is 0.327 e. The van der Waals surface area contributed by atoms with Gasteiger partial charge in [-0.25, -0.2) is 9.59 Å². The number of hydrogen-bond acceptors (Lipinski definition) is 2. The van der Waals surface area contributed by atoms with Crippen LogP contribution in [0, 0.1) is 12.3 Å². The van der Waals surface area contributed by atoms with Gasteiger partial charge < -0.3 is 10.0 Å². The summed E-state index contributed by atoms with van der Waals surface area (Å²) in [4.78, 5) is 26.7. The number of carboxylic acid groups (broad SMARTS) is 1. The second-order valence-corrected chi connectivity index (χ2v) is 4.56. The van der Waals surface area contributed by atoms with Crippen molar-refractivity contribution in [3.8, 4) is 12.3 Å². The number of para-hydroxylation sites is 1. The highest BCUT2D eigenvalue weighted by atomic mass is 16.4. The molecule has 0 saturated carbocycles. The van der Waals surface area contributed by atoms with Crippen molar-refractivity contribution >= 4 is 17.7 Å². The molecule has 0 saturated heterocycles. The van der Waals surface area contributed by atoms with Crippen molar-refractivity contribution in [1.29, 1.82) is 0 Å². The summed E-state index contributed by atoms with van der Waals surface area (Å²) in [6.45, 7) is 2.42. The molecular weight excluding hydrogens is 256 g/mol. The van der Waals surface area contributed by atoms with Crippen LogP contribution in [0.1, 0.15) is 12.5 Å². The number of carboxylic acids is 1. The van der Waals surface area contributed by atoms with Gasteiger partial charge in [0.2, 0.25) is 0 Å². The summed E-state index contributed by atoms with van der Waals surface area (Å²) in [5.74, 6) is 1.41. The molecule has 1 aromatic rings. The lowest BCUT2D eigenvalue weighted by atomic mass is 10.1. The molecule has 0 unspecified atom stereocenters. The van der Waals surface area contributed by atoms with Gasteiger partial charge in [0, 0.05) is 18.7 Å². The van der Waals surface area contributed by atoms with E-state index in [-0.39, 0.29) is 12.6 Å².